The van der Waals surface area contributed by atoms with Crippen LogP contribution >= 0.6 is 22.9 Å². The van der Waals surface area contributed by atoms with Crippen molar-refractivity contribution in [1.82, 2.24) is 19.7 Å². The number of aryl methyl sites for hydroxylation is 2. The Bertz CT molecular complexity index is 572. The van der Waals surface area contributed by atoms with Gasteiger partial charge < -0.3 is 4.90 Å². The van der Waals surface area contributed by atoms with Crippen LogP contribution in [0.25, 0.3) is 0 Å². The average Bonchev–Trinajstić information content (AvgIpc) is 3.05. The molecule has 20 heavy (non-hydrogen) atoms. The van der Waals surface area contributed by atoms with Crippen LogP contribution in [0.15, 0.2) is 11.6 Å². The number of hydrogen-bond acceptors (Lipinski definition) is 5. The Morgan fingerprint density at radius 2 is 2.05 bits per heavy atom. The van der Waals surface area contributed by atoms with Crippen LogP contribution < -0.4 is 4.90 Å². The topological polar surface area (TPSA) is 37.2 Å². The number of rotatable bonds is 3. The largest absolute Gasteiger partial charge is 0.346 e. The van der Waals surface area contributed by atoms with Gasteiger partial charge in [-0.1, -0.05) is 11.6 Å². The van der Waals surface area contributed by atoms with Gasteiger partial charge in [0, 0.05) is 56.9 Å². The average molecular weight is 312 g/mol. The van der Waals surface area contributed by atoms with E-state index >= 15 is 0 Å². The zero-order valence-corrected chi connectivity index (χ0v) is 13.3. The molecule has 0 spiro atoms. The van der Waals surface area contributed by atoms with Crippen molar-refractivity contribution in [3.05, 3.63) is 28.0 Å². The van der Waals surface area contributed by atoms with E-state index in [4.69, 9.17) is 11.6 Å². The Hall–Kier alpha value is -1.11. The van der Waals surface area contributed by atoms with E-state index in [9.17, 15) is 0 Å². The molecule has 1 fully saturated rings. The standard InChI is InChI=1S/C13H18ClN5S/c1-10-11(12(14)17(2)16-10)9-18-4-6-19(7-5-18)13-15-3-8-20-13/h3,8H,4-7,9H2,1-2H3. The highest BCUT2D eigenvalue weighted by atomic mass is 35.5. The molecule has 2 aromatic heterocycles. The fourth-order valence-electron chi connectivity index (χ4n) is 2.55. The number of halogens is 1. The summed E-state index contributed by atoms with van der Waals surface area (Å²) in [7, 11) is 1.89. The summed E-state index contributed by atoms with van der Waals surface area (Å²) >= 11 is 8.00. The SMILES string of the molecule is Cc1nn(C)c(Cl)c1CN1CCN(c2nccs2)CC1. The van der Waals surface area contributed by atoms with Crippen molar-refractivity contribution in [3.8, 4) is 0 Å². The number of hydrogen-bond donors (Lipinski definition) is 0. The Balaban J connectivity index is 1.61. The van der Waals surface area contributed by atoms with Crippen LogP contribution in [-0.4, -0.2) is 45.8 Å². The van der Waals surface area contributed by atoms with Gasteiger partial charge in [0.15, 0.2) is 5.13 Å². The molecular formula is C13H18ClN5S. The second-order valence-corrected chi connectivity index (χ2v) is 6.29. The lowest BCUT2D eigenvalue weighted by Gasteiger charge is -2.34. The maximum atomic E-state index is 6.30. The smallest absolute Gasteiger partial charge is 0.185 e. The molecule has 3 heterocycles. The van der Waals surface area contributed by atoms with Gasteiger partial charge in [0.25, 0.3) is 0 Å². The lowest BCUT2D eigenvalue weighted by atomic mass is 10.2. The molecule has 2 aromatic rings. The number of thiazole rings is 1. The van der Waals surface area contributed by atoms with E-state index in [-0.39, 0.29) is 0 Å². The summed E-state index contributed by atoms with van der Waals surface area (Å²) < 4.78 is 1.75. The molecule has 108 valence electrons. The first-order valence-electron chi connectivity index (χ1n) is 6.70. The number of nitrogens with zero attached hydrogens (tertiary/aromatic N) is 5. The Morgan fingerprint density at radius 1 is 1.30 bits per heavy atom. The molecule has 0 bridgehead atoms. The third-order valence-corrected chi connectivity index (χ3v) is 5.02. The summed E-state index contributed by atoms with van der Waals surface area (Å²) in [5.74, 6) is 0. The van der Waals surface area contributed by atoms with Crippen LogP contribution in [0.3, 0.4) is 0 Å². The number of anilines is 1. The monoisotopic (exact) mass is 311 g/mol. The summed E-state index contributed by atoms with van der Waals surface area (Å²) in [5, 5.41) is 8.28. The normalized spacial score (nSPS) is 16.9. The van der Waals surface area contributed by atoms with Crippen LogP contribution in [0.1, 0.15) is 11.3 Å². The zero-order valence-electron chi connectivity index (χ0n) is 11.7. The molecule has 0 N–H and O–H groups in total. The summed E-state index contributed by atoms with van der Waals surface area (Å²) in [4.78, 5) is 9.15. The van der Waals surface area contributed by atoms with Gasteiger partial charge in [0.1, 0.15) is 5.15 Å². The Morgan fingerprint density at radius 3 is 2.60 bits per heavy atom. The predicted molar refractivity (Wildman–Crippen MR) is 82.6 cm³/mol. The molecule has 7 heteroatoms. The summed E-state index contributed by atoms with van der Waals surface area (Å²) in [5.41, 5.74) is 2.18. The van der Waals surface area contributed by atoms with Crippen molar-refractivity contribution in [2.24, 2.45) is 7.05 Å². The summed E-state index contributed by atoms with van der Waals surface area (Å²) in [6.07, 6.45) is 1.87. The molecule has 0 atom stereocenters. The highest BCUT2D eigenvalue weighted by Crippen LogP contribution is 2.23. The van der Waals surface area contributed by atoms with Gasteiger partial charge in [-0.05, 0) is 6.92 Å². The van der Waals surface area contributed by atoms with E-state index in [1.54, 1.807) is 16.0 Å². The molecule has 0 radical (unpaired) electrons. The lowest BCUT2D eigenvalue weighted by Crippen LogP contribution is -2.46. The molecule has 0 aliphatic carbocycles. The Labute approximate surface area is 127 Å². The molecule has 1 aliphatic heterocycles. The van der Waals surface area contributed by atoms with Crippen molar-refractivity contribution in [2.75, 3.05) is 31.1 Å². The van der Waals surface area contributed by atoms with Crippen LogP contribution in [0, 0.1) is 6.92 Å². The second-order valence-electron chi connectivity index (χ2n) is 5.06. The minimum absolute atomic E-state index is 0.754. The van der Waals surface area contributed by atoms with Crippen molar-refractivity contribution < 1.29 is 0 Å². The van der Waals surface area contributed by atoms with Gasteiger partial charge in [0.2, 0.25) is 0 Å². The zero-order chi connectivity index (χ0) is 14.1. The second kappa shape index (κ2) is 5.71. The van der Waals surface area contributed by atoms with Crippen LogP contribution in [0.4, 0.5) is 5.13 Å². The summed E-state index contributed by atoms with van der Waals surface area (Å²) in [6.45, 7) is 7.00. The van der Waals surface area contributed by atoms with Crippen LogP contribution in [0.2, 0.25) is 5.15 Å². The van der Waals surface area contributed by atoms with Gasteiger partial charge in [0.05, 0.1) is 5.69 Å². The Kier molecular flexibility index (Phi) is 3.96. The van der Waals surface area contributed by atoms with E-state index in [0.717, 1.165) is 54.3 Å². The van der Waals surface area contributed by atoms with Gasteiger partial charge in [-0.25, -0.2) is 4.98 Å². The van der Waals surface area contributed by atoms with Crippen molar-refractivity contribution in [1.29, 1.82) is 0 Å². The van der Waals surface area contributed by atoms with E-state index in [0.29, 0.717) is 0 Å². The fourth-order valence-corrected chi connectivity index (χ4v) is 3.48. The molecule has 3 rings (SSSR count). The molecule has 5 nitrogen and oxygen atoms in total. The van der Waals surface area contributed by atoms with E-state index in [1.165, 1.54) is 0 Å². The summed E-state index contributed by atoms with van der Waals surface area (Å²) in [6, 6.07) is 0. The predicted octanol–water partition coefficient (Wildman–Crippen LogP) is 2.16. The fraction of sp³-hybridized carbons (Fsp3) is 0.538. The molecule has 0 amide bonds. The molecular weight excluding hydrogens is 294 g/mol. The molecule has 0 unspecified atom stereocenters. The minimum Gasteiger partial charge on any atom is -0.346 e. The molecule has 0 aromatic carbocycles. The molecule has 1 aliphatic rings. The quantitative estimate of drug-likeness (QED) is 0.870. The first-order chi connectivity index (χ1) is 9.65. The van der Waals surface area contributed by atoms with Crippen LogP contribution in [0.5, 0.6) is 0 Å². The number of aromatic nitrogens is 3. The van der Waals surface area contributed by atoms with Gasteiger partial charge in [-0.3, -0.25) is 9.58 Å². The van der Waals surface area contributed by atoms with Crippen molar-refractivity contribution in [3.63, 3.8) is 0 Å². The van der Waals surface area contributed by atoms with Gasteiger partial charge >= 0.3 is 0 Å². The van der Waals surface area contributed by atoms with E-state index in [1.807, 2.05) is 25.5 Å². The van der Waals surface area contributed by atoms with E-state index in [2.05, 4.69) is 19.9 Å². The third kappa shape index (κ3) is 2.68. The number of piperazine rings is 1. The van der Waals surface area contributed by atoms with Gasteiger partial charge in [-0.15, -0.1) is 11.3 Å². The first-order valence-corrected chi connectivity index (χ1v) is 7.95. The first kappa shape index (κ1) is 13.9. The van der Waals surface area contributed by atoms with Crippen LogP contribution in [-0.2, 0) is 13.6 Å². The third-order valence-electron chi connectivity index (χ3n) is 3.71. The van der Waals surface area contributed by atoms with E-state index < -0.39 is 0 Å². The van der Waals surface area contributed by atoms with Gasteiger partial charge in [-0.2, -0.15) is 5.10 Å². The minimum atomic E-state index is 0.754. The molecule has 1 saturated heterocycles. The molecule has 0 saturated carbocycles. The maximum absolute atomic E-state index is 6.30. The van der Waals surface area contributed by atoms with Crippen molar-refractivity contribution >= 4 is 28.1 Å². The highest BCUT2D eigenvalue weighted by Gasteiger charge is 2.21. The maximum Gasteiger partial charge on any atom is 0.185 e. The van der Waals surface area contributed by atoms with Crippen molar-refractivity contribution in [2.45, 2.75) is 13.5 Å². The lowest BCUT2D eigenvalue weighted by molar-refractivity contribution is 0.249. The highest BCUT2D eigenvalue weighted by molar-refractivity contribution is 7.13.